The van der Waals surface area contributed by atoms with Gasteiger partial charge in [-0.2, -0.15) is 0 Å². The first kappa shape index (κ1) is 11.8. The van der Waals surface area contributed by atoms with Gasteiger partial charge in [0.05, 0.1) is 0 Å². The Hall–Kier alpha value is 0.0434. The standard InChI is InChI=1S/C3H6NO3S.Rh/c1-2-3(5)4-8(6)7;/h2H2,1H3,(H,4,5,6,7);/q-1;. The molecule has 0 saturated carbocycles. The van der Waals surface area contributed by atoms with Crippen LogP contribution < -0.4 is 4.72 Å². The van der Waals surface area contributed by atoms with Crippen molar-refractivity contribution in [3.63, 3.8) is 0 Å². The second-order valence-electron chi connectivity index (χ2n) is 1.11. The normalized spacial score (nSPS) is 8.22. The van der Waals surface area contributed by atoms with E-state index in [1.807, 2.05) is 0 Å². The Bertz CT molecular complexity index is 147. The quantitative estimate of drug-likeness (QED) is 0.533. The third-order valence-corrected chi connectivity index (χ3v) is 0.913. The molecule has 0 heterocycles. The molecule has 0 bridgehead atoms. The summed E-state index contributed by atoms with van der Waals surface area (Å²) < 4.78 is 20.9. The molecule has 57 valence electrons. The fourth-order valence-electron chi connectivity index (χ4n) is 0.165. The Labute approximate surface area is 67.9 Å². The summed E-state index contributed by atoms with van der Waals surface area (Å²) in [4.78, 5) is 10.1. The van der Waals surface area contributed by atoms with Gasteiger partial charge < -0.3 is 13.1 Å². The smallest absolute Gasteiger partial charge is 0.205 e. The minimum Gasteiger partial charge on any atom is -0.403 e. The number of rotatable bonds is 2. The molecule has 0 aromatic heterocycles. The van der Waals surface area contributed by atoms with E-state index in [1.165, 1.54) is 0 Å². The summed E-state index contributed by atoms with van der Waals surface area (Å²) >= 11 is 0. The van der Waals surface area contributed by atoms with Crippen LogP contribution in [0.4, 0.5) is 0 Å². The fraction of sp³-hybridized carbons (Fsp3) is 0.667. The van der Waals surface area contributed by atoms with Gasteiger partial charge in [0.15, 0.2) is 0 Å². The molecule has 6 heteroatoms. The van der Waals surface area contributed by atoms with E-state index < -0.39 is 16.8 Å². The predicted octanol–water partition coefficient (Wildman–Crippen LogP) is -0.266. The van der Waals surface area contributed by atoms with Gasteiger partial charge in [-0.15, -0.1) is 0 Å². The summed E-state index contributed by atoms with van der Waals surface area (Å²) in [6, 6.07) is 0. The van der Waals surface area contributed by atoms with Crippen LogP contribution in [0.3, 0.4) is 0 Å². The largest absolute Gasteiger partial charge is 0.403 e. The van der Waals surface area contributed by atoms with Crippen LogP contribution in [0.15, 0.2) is 0 Å². The summed E-state index contributed by atoms with van der Waals surface area (Å²) in [5.74, 6) is -0.488. The van der Waals surface area contributed by atoms with E-state index in [0.717, 1.165) is 0 Å². The summed E-state index contributed by atoms with van der Waals surface area (Å²) in [6.45, 7) is 1.57. The molecule has 0 spiro atoms. The number of carbonyl (C=O) groups is 1. The Kier molecular flexibility index (Phi) is 8.08. The van der Waals surface area contributed by atoms with Crippen molar-refractivity contribution in [3.8, 4) is 0 Å². The maximum Gasteiger partial charge on any atom is 0.205 e. The summed E-state index contributed by atoms with van der Waals surface area (Å²) in [5, 5.41) is 0. The van der Waals surface area contributed by atoms with E-state index in [0.29, 0.717) is 0 Å². The molecule has 4 nitrogen and oxygen atoms in total. The van der Waals surface area contributed by atoms with Gasteiger partial charge in [0.2, 0.25) is 5.91 Å². The van der Waals surface area contributed by atoms with E-state index in [-0.39, 0.29) is 25.9 Å². The SMILES string of the molecule is CCC(=O)N[S-](=O)=O.[Rh]. The number of nitrogens with one attached hydrogen (secondary N) is 1. The van der Waals surface area contributed by atoms with E-state index in [9.17, 15) is 13.2 Å². The van der Waals surface area contributed by atoms with Crippen LogP contribution >= 0.6 is 0 Å². The summed E-state index contributed by atoms with van der Waals surface area (Å²) in [7, 11) is -2.45. The van der Waals surface area contributed by atoms with E-state index >= 15 is 0 Å². The van der Waals surface area contributed by atoms with Crippen LogP contribution in [0.2, 0.25) is 0 Å². The molecule has 0 aliphatic heterocycles. The van der Waals surface area contributed by atoms with Gasteiger partial charge in [-0.25, -0.2) is 0 Å². The zero-order valence-corrected chi connectivity index (χ0v) is 7.13. The van der Waals surface area contributed by atoms with Crippen LogP contribution in [0.1, 0.15) is 13.3 Å². The predicted molar refractivity (Wildman–Crippen MR) is 27.2 cm³/mol. The molecule has 1 N–H and O–H groups in total. The molecule has 0 unspecified atom stereocenters. The summed E-state index contributed by atoms with van der Waals surface area (Å²) in [5.41, 5.74) is 0. The Morgan fingerprint density at radius 2 is 2.00 bits per heavy atom. The van der Waals surface area contributed by atoms with Gasteiger partial charge in [-0.05, 0) is 0 Å². The molecule has 1 amide bonds. The third kappa shape index (κ3) is 8.04. The molecule has 0 aliphatic rings. The van der Waals surface area contributed by atoms with Crippen LogP contribution in [-0.4, -0.2) is 5.91 Å². The molecule has 1 radical (unpaired) electrons. The van der Waals surface area contributed by atoms with Gasteiger partial charge >= 0.3 is 0 Å². The third-order valence-electron chi connectivity index (χ3n) is 0.518. The van der Waals surface area contributed by atoms with Gasteiger partial charge in [0, 0.05) is 36.8 Å². The molecule has 9 heavy (non-hydrogen) atoms. The van der Waals surface area contributed by atoms with Crippen LogP contribution in [0.5, 0.6) is 0 Å². The van der Waals surface area contributed by atoms with Gasteiger partial charge in [0.25, 0.3) is 0 Å². The van der Waals surface area contributed by atoms with Crippen molar-refractivity contribution in [1.29, 1.82) is 0 Å². The Morgan fingerprint density at radius 1 is 1.56 bits per heavy atom. The monoisotopic (exact) mass is 239 g/mol. The number of hydrogen-bond donors (Lipinski definition) is 1. The van der Waals surface area contributed by atoms with Crippen molar-refractivity contribution in [2.75, 3.05) is 0 Å². The maximum atomic E-state index is 10.1. The van der Waals surface area contributed by atoms with Gasteiger partial charge in [0.1, 0.15) is 0 Å². The first-order valence-electron chi connectivity index (χ1n) is 2.05. The second-order valence-corrected chi connectivity index (χ2v) is 1.79. The molecular weight excluding hydrogens is 233 g/mol. The Balaban J connectivity index is 0. The molecule has 0 aromatic rings. The van der Waals surface area contributed by atoms with E-state index in [2.05, 4.69) is 0 Å². The number of hydrogen-bond acceptors (Lipinski definition) is 4. The molecule has 0 rings (SSSR count). The van der Waals surface area contributed by atoms with Crippen molar-refractivity contribution in [2.24, 2.45) is 0 Å². The molecule has 0 atom stereocenters. The topological polar surface area (TPSA) is 63.2 Å². The average molecular weight is 239 g/mol. The molecule has 0 fully saturated rings. The maximum absolute atomic E-state index is 10.1. The minimum atomic E-state index is -2.45. The van der Waals surface area contributed by atoms with E-state index in [1.54, 1.807) is 11.6 Å². The van der Waals surface area contributed by atoms with Crippen molar-refractivity contribution < 1.29 is 32.7 Å². The van der Waals surface area contributed by atoms with Crippen LogP contribution in [0.25, 0.3) is 0 Å². The first-order valence-corrected chi connectivity index (χ1v) is 3.13. The zero-order valence-electron chi connectivity index (χ0n) is 4.67. The summed E-state index contributed by atoms with van der Waals surface area (Å²) in [6.07, 6.45) is 0.188. The van der Waals surface area contributed by atoms with Crippen LogP contribution in [-0.2, 0) is 43.6 Å². The van der Waals surface area contributed by atoms with Crippen molar-refractivity contribution in [2.45, 2.75) is 13.3 Å². The van der Waals surface area contributed by atoms with E-state index in [4.69, 9.17) is 0 Å². The number of amides is 1. The fourth-order valence-corrected chi connectivity index (χ4v) is 0.495. The van der Waals surface area contributed by atoms with Crippen molar-refractivity contribution in [3.05, 3.63) is 0 Å². The molecule has 0 aromatic carbocycles. The van der Waals surface area contributed by atoms with Gasteiger partial charge in [-0.3, -0.25) is 4.79 Å². The average Bonchev–Trinajstić information content (AvgIpc) is 1.65. The molecule has 0 saturated heterocycles. The molecular formula is C3H6NO3RhS-. The van der Waals surface area contributed by atoms with Gasteiger partial charge in [-0.1, -0.05) is 6.92 Å². The minimum absolute atomic E-state index is 0. The van der Waals surface area contributed by atoms with Crippen molar-refractivity contribution in [1.82, 2.24) is 4.72 Å². The Morgan fingerprint density at radius 3 is 2.11 bits per heavy atom. The van der Waals surface area contributed by atoms with Crippen LogP contribution in [0, 0.1) is 0 Å². The molecule has 0 aliphatic carbocycles. The zero-order chi connectivity index (χ0) is 6.57. The van der Waals surface area contributed by atoms with Crippen molar-refractivity contribution >= 4 is 16.8 Å². The first-order chi connectivity index (χ1) is 3.66. The second kappa shape index (κ2) is 6.17. The number of carbonyl (C=O) groups excluding carboxylic acids is 1.